The summed E-state index contributed by atoms with van der Waals surface area (Å²) in [6.45, 7) is 18.7. The molecule has 0 N–H and O–H groups in total. The van der Waals surface area contributed by atoms with Gasteiger partial charge < -0.3 is 27.9 Å². The molecule has 6 heteroatoms. The lowest BCUT2D eigenvalue weighted by Gasteiger charge is -2.35. The van der Waals surface area contributed by atoms with Crippen LogP contribution in [0, 0.1) is 0 Å². The highest BCUT2D eigenvalue weighted by atomic mass is 16.5. The number of unbranched alkanes of at least 4 members (excludes halogenated alkanes) is 53. The SMILES string of the molecule is CCCCCCCCCCCCCCCCOCC(C[N+](C)(C)CCCC[N+](C)(C)CC(COCCCCCCCCCCCCCCCC)OCCCCCCCCCCCCCCCC)OCCCCCCCCCCCCCCCC. The van der Waals surface area contributed by atoms with Gasteiger partial charge in [0.2, 0.25) is 0 Å². The Labute approximate surface area is 531 Å². The van der Waals surface area contributed by atoms with Crippen molar-refractivity contribution in [3.8, 4) is 0 Å². The summed E-state index contributed by atoms with van der Waals surface area (Å²) in [4.78, 5) is 0. The molecule has 0 aromatic heterocycles. The first-order chi connectivity index (χ1) is 41.2. The first kappa shape index (κ1) is 83.8. The van der Waals surface area contributed by atoms with Crippen LogP contribution >= 0.6 is 0 Å². The van der Waals surface area contributed by atoms with E-state index in [1.165, 1.54) is 385 Å². The van der Waals surface area contributed by atoms with E-state index in [2.05, 4.69) is 55.9 Å². The molecule has 0 spiro atoms. The van der Waals surface area contributed by atoms with Crippen molar-refractivity contribution in [1.29, 1.82) is 0 Å². The van der Waals surface area contributed by atoms with Gasteiger partial charge in [-0.05, 0) is 25.7 Å². The lowest BCUT2D eigenvalue weighted by Crippen LogP contribution is -2.49. The van der Waals surface area contributed by atoms with Crippen LogP contribution in [0.5, 0.6) is 0 Å². The summed E-state index contributed by atoms with van der Waals surface area (Å²) in [6, 6.07) is 0. The Balaban J connectivity index is 4.98. The highest BCUT2D eigenvalue weighted by molar-refractivity contribution is 4.62. The Hall–Kier alpha value is -0.240. The topological polar surface area (TPSA) is 36.9 Å². The zero-order chi connectivity index (χ0) is 61.1. The minimum absolute atomic E-state index is 0.169. The van der Waals surface area contributed by atoms with Crippen molar-refractivity contribution in [2.24, 2.45) is 0 Å². The monoisotopic (exact) mass is 1190 g/mol. The average molecular weight is 1190 g/mol. The summed E-state index contributed by atoms with van der Waals surface area (Å²) in [5.41, 5.74) is 0. The van der Waals surface area contributed by atoms with E-state index in [1.54, 1.807) is 0 Å². The van der Waals surface area contributed by atoms with E-state index in [1.807, 2.05) is 0 Å². The highest BCUT2D eigenvalue weighted by Gasteiger charge is 2.26. The second kappa shape index (κ2) is 68.7. The van der Waals surface area contributed by atoms with Crippen molar-refractivity contribution in [1.82, 2.24) is 0 Å². The van der Waals surface area contributed by atoms with Crippen molar-refractivity contribution in [2.75, 3.05) is 94.0 Å². The Kier molecular flexibility index (Phi) is 68.5. The summed E-state index contributed by atoms with van der Waals surface area (Å²) in [6.07, 6.45) is 80.9. The molecule has 0 aliphatic carbocycles. The van der Waals surface area contributed by atoms with Gasteiger partial charge in [0.05, 0.1) is 54.5 Å². The first-order valence-electron chi connectivity index (χ1n) is 39.2. The maximum atomic E-state index is 6.73. The number of hydrogen-bond acceptors (Lipinski definition) is 4. The van der Waals surface area contributed by atoms with Crippen LogP contribution in [0.2, 0.25) is 0 Å². The third-order valence-corrected chi connectivity index (χ3v) is 18.8. The largest absolute Gasteiger partial charge is 0.379 e. The predicted octanol–water partition coefficient (Wildman–Crippen LogP) is 24.6. The number of likely N-dealkylation sites (N-methyl/N-ethyl adjacent to an activating group) is 2. The average Bonchev–Trinajstić information content (AvgIpc) is 3.53. The lowest BCUT2D eigenvalue weighted by molar-refractivity contribution is -0.900. The molecule has 0 bridgehead atoms. The number of quaternary nitrogens is 2. The number of ether oxygens (including phenoxy) is 4. The normalized spacial score (nSPS) is 13.0. The summed E-state index contributed by atoms with van der Waals surface area (Å²) in [7, 11) is 9.75. The number of rotatable bonds is 75. The Bertz CT molecular complexity index is 1110. The molecule has 6 nitrogen and oxygen atoms in total. The van der Waals surface area contributed by atoms with Crippen LogP contribution in [0.1, 0.15) is 400 Å². The van der Waals surface area contributed by atoms with Crippen molar-refractivity contribution >= 4 is 0 Å². The maximum absolute atomic E-state index is 6.73. The molecular formula is C78H162N2O4+2. The van der Waals surface area contributed by atoms with E-state index in [0.29, 0.717) is 0 Å². The molecule has 2 atom stereocenters. The van der Waals surface area contributed by atoms with Gasteiger partial charge in [-0.3, -0.25) is 0 Å². The molecule has 0 saturated heterocycles. The summed E-state index contributed by atoms with van der Waals surface area (Å²) >= 11 is 0. The minimum atomic E-state index is 0.169. The van der Waals surface area contributed by atoms with Crippen molar-refractivity contribution < 1.29 is 27.9 Å². The first-order valence-corrected chi connectivity index (χ1v) is 39.2. The van der Waals surface area contributed by atoms with Crippen LogP contribution in [0.4, 0.5) is 0 Å². The Morgan fingerprint density at radius 3 is 0.560 bits per heavy atom. The van der Waals surface area contributed by atoms with Crippen LogP contribution in [-0.2, 0) is 18.9 Å². The molecule has 0 fully saturated rings. The van der Waals surface area contributed by atoms with E-state index in [0.717, 1.165) is 61.7 Å². The number of nitrogens with zero attached hydrogens (tertiary/aromatic N) is 2. The van der Waals surface area contributed by atoms with Gasteiger partial charge in [-0.1, -0.05) is 362 Å². The Morgan fingerprint density at radius 1 is 0.202 bits per heavy atom. The molecule has 0 aromatic rings. The van der Waals surface area contributed by atoms with Crippen LogP contribution < -0.4 is 0 Å². The highest BCUT2D eigenvalue weighted by Crippen LogP contribution is 2.19. The molecule has 0 amide bonds. The van der Waals surface area contributed by atoms with Gasteiger partial charge in [0.25, 0.3) is 0 Å². The van der Waals surface area contributed by atoms with Crippen molar-refractivity contribution in [3.05, 3.63) is 0 Å². The van der Waals surface area contributed by atoms with Crippen molar-refractivity contribution in [3.63, 3.8) is 0 Å². The molecule has 84 heavy (non-hydrogen) atoms. The second-order valence-electron chi connectivity index (χ2n) is 28.9. The van der Waals surface area contributed by atoms with E-state index < -0.39 is 0 Å². The van der Waals surface area contributed by atoms with Gasteiger partial charge in [-0.2, -0.15) is 0 Å². The predicted molar refractivity (Wildman–Crippen MR) is 375 cm³/mol. The molecule has 0 heterocycles. The maximum Gasteiger partial charge on any atom is 0.130 e. The molecule has 0 aromatic carbocycles. The van der Waals surface area contributed by atoms with Gasteiger partial charge in [0, 0.05) is 39.3 Å². The van der Waals surface area contributed by atoms with Gasteiger partial charge in [0.15, 0.2) is 0 Å². The molecular weight excluding hydrogens is 1030 g/mol. The van der Waals surface area contributed by atoms with Gasteiger partial charge in [-0.15, -0.1) is 0 Å². The summed E-state index contributed by atoms with van der Waals surface area (Å²) in [5.74, 6) is 0. The fraction of sp³-hybridized carbons (Fsp3) is 1.00. The van der Waals surface area contributed by atoms with Crippen LogP contribution in [0.25, 0.3) is 0 Å². The van der Waals surface area contributed by atoms with E-state index in [4.69, 9.17) is 18.9 Å². The van der Waals surface area contributed by atoms with E-state index in [9.17, 15) is 0 Å². The zero-order valence-electron chi connectivity index (χ0n) is 59.8. The lowest BCUT2D eigenvalue weighted by atomic mass is 10.0. The van der Waals surface area contributed by atoms with Gasteiger partial charge in [-0.25, -0.2) is 0 Å². The molecule has 0 rings (SSSR count). The molecule has 0 aliphatic rings. The van der Waals surface area contributed by atoms with Crippen LogP contribution in [0.15, 0.2) is 0 Å². The Morgan fingerprint density at radius 2 is 0.369 bits per heavy atom. The molecule has 2 unspecified atom stereocenters. The zero-order valence-corrected chi connectivity index (χ0v) is 59.8. The molecule has 0 radical (unpaired) electrons. The second-order valence-corrected chi connectivity index (χ2v) is 28.9. The summed E-state index contributed by atoms with van der Waals surface area (Å²) < 4.78 is 28.3. The molecule has 506 valence electrons. The third-order valence-electron chi connectivity index (χ3n) is 18.8. The van der Waals surface area contributed by atoms with E-state index in [-0.39, 0.29) is 12.2 Å². The number of hydrogen-bond donors (Lipinski definition) is 0. The smallest absolute Gasteiger partial charge is 0.130 e. The van der Waals surface area contributed by atoms with Gasteiger partial charge >= 0.3 is 0 Å². The third kappa shape index (κ3) is 67.7. The molecule has 0 aliphatic heterocycles. The summed E-state index contributed by atoms with van der Waals surface area (Å²) in [5, 5.41) is 0. The van der Waals surface area contributed by atoms with Crippen molar-refractivity contribution in [2.45, 2.75) is 412 Å². The molecule has 0 saturated carbocycles. The quantitative estimate of drug-likeness (QED) is 0.0449. The van der Waals surface area contributed by atoms with Gasteiger partial charge in [0.1, 0.15) is 25.3 Å². The standard InChI is InChI=1S/C78H162N2O4/c1-9-13-17-21-25-29-33-37-41-45-49-53-57-63-69-81-75-77(83-71-65-59-55-51-47-43-39-35-31-27-23-19-15-11-3)73-79(5,6)67-61-62-68-80(7,8)74-78(84-72-66-60-56-52-48-44-40-36-32-28-24-20-16-12-4)76-82-70-64-58-54-50-46-42-38-34-30-26-22-18-14-10-2/h77-78H,9-76H2,1-8H3/q+2. The van der Waals surface area contributed by atoms with Crippen LogP contribution in [-0.4, -0.2) is 115 Å². The fourth-order valence-corrected chi connectivity index (χ4v) is 13.0. The fourth-order valence-electron chi connectivity index (χ4n) is 13.0. The van der Waals surface area contributed by atoms with E-state index >= 15 is 0 Å². The van der Waals surface area contributed by atoms with Crippen LogP contribution in [0.3, 0.4) is 0 Å². The minimum Gasteiger partial charge on any atom is -0.379 e.